The number of rotatable bonds is 2. The lowest BCUT2D eigenvalue weighted by Crippen LogP contribution is -2.27. The maximum Gasteiger partial charge on any atom is 0.230 e. The first-order valence-corrected chi connectivity index (χ1v) is 5.11. The van der Waals surface area contributed by atoms with Gasteiger partial charge >= 0.3 is 0 Å². The lowest BCUT2D eigenvalue weighted by Gasteiger charge is -2.12. The molecule has 0 aliphatic carbocycles. The molecule has 1 aliphatic heterocycles. The Morgan fingerprint density at radius 1 is 1.67 bits per heavy atom. The maximum atomic E-state index is 11.8. The fourth-order valence-corrected chi connectivity index (χ4v) is 1.81. The molecular formula is C10H15N3O2. The number of aromatic nitrogens is 1. The highest BCUT2D eigenvalue weighted by molar-refractivity contribution is 5.92. The lowest BCUT2D eigenvalue weighted by molar-refractivity contribution is -0.120. The van der Waals surface area contributed by atoms with Crippen molar-refractivity contribution in [3.8, 4) is 0 Å². The molecule has 0 aromatic carbocycles. The van der Waals surface area contributed by atoms with E-state index in [4.69, 9.17) is 4.52 Å². The highest BCUT2D eigenvalue weighted by atomic mass is 16.5. The minimum absolute atomic E-state index is 0.0146. The molecule has 2 atom stereocenters. The van der Waals surface area contributed by atoms with Crippen molar-refractivity contribution in [3.63, 3.8) is 0 Å². The Kier molecular flexibility index (Phi) is 2.73. The Morgan fingerprint density at radius 3 is 3.00 bits per heavy atom. The van der Waals surface area contributed by atoms with Crippen LogP contribution in [0.15, 0.2) is 10.6 Å². The summed E-state index contributed by atoms with van der Waals surface area (Å²) in [6.07, 6.45) is 0. The third-order valence-corrected chi connectivity index (χ3v) is 2.73. The van der Waals surface area contributed by atoms with Gasteiger partial charge < -0.3 is 15.2 Å². The SMILES string of the molecule is Cc1cc(NC(=O)C2CNCC2C)no1. The molecule has 15 heavy (non-hydrogen) atoms. The van der Waals surface area contributed by atoms with Gasteiger partial charge in [-0.05, 0) is 19.4 Å². The summed E-state index contributed by atoms with van der Waals surface area (Å²) in [6, 6.07) is 1.71. The van der Waals surface area contributed by atoms with E-state index < -0.39 is 0 Å². The van der Waals surface area contributed by atoms with Gasteiger partial charge in [0.2, 0.25) is 5.91 Å². The standard InChI is InChI=1S/C10H15N3O2/c1-6-4-11-5-8(6)10(14)12-9-3-7(2)15-13-9/h3,6,8,11H,4-5H2,1-2H3,(H,12,13,14). The molecule has 1 saturated heterocycles. The molecule has 5 heteroatoms. The number of hydrogen-bond acceptors (Lipinski definition) is 4. The summed E-state index contributed by atoms with van der Waals surface area (Å²) in [5.74, 6) is 1.61. The van der Waals surface area contributed by atoms with Crippen molar-refractivity contribution in [3.05, 3.63) is 11.8 Å². The molecule has 0 saturated carbocycles. The molecule has 0 spiro atoms. The van der Waals surface area contributed by atoms with E-state index in [2.05, 4.69) is 22.7 Å². The number of carbonyl (C=O) groups excluding carboxylic acids is 1. The Balaban J connectivity index is 1.97. The van der Waals surface area contributed by atoms with E-state index in [1.54, 1.807) is 13.0 Å². The molecule has 1 aromatic heterocycles. The first-order chi connectivity index (χ1) is 7.16. The number of amides is 1. The van der Waals surface area contributed by atoms with Crippen molar-refractivity contribution in [2.24, 2.45) is 11.8 Å². The Hall–Kier alpha value is -1.36. The summed E-state index contributed by atoms with van der Waals surface area (Å²) in [5.41, 5.74) is 0. The van der Waals surface area contributed by atoms with Crippen LogP contribution in [0.3, 0.4) is 0 Å². The zero-order valence-electron chi connectivity index (χ0n) is 8.91. The maximum absolute atomic E-state index is 11.8. The fourth-order valence-electron chi connectivity index (χ4n) is 1.81. The van der Waals surface area contributed by atoms with Crippen LogP contribution in [0.25, 0.3) is 0 Å². The van der Waals surface area contributed by atoms with Crippen molar-refractivity contribution in [2.45, 2.75) is 13.8 Å². The van der Waals surface area contributed by atoms with Crippen LogP contribution in [0, 0.1) is 18.8 Å². The summed E-state index contributed by atoms with van der Waals surface area (Å²) in [6.45, 7) is 5.50. The summed E-state index contributed by atoms with van der Waals surface area (Å²) in [5, 5.41) is 9.67. The monoisotopic (exact) mass is 209 g/mol. The van der Waals surface area contributed by atoms with E-state index >= 15 is 0 Å². The summed E-state index contributed by atoms with van der Waals surface area (Å²) in [4.78, 5) is 11.8. The molecule has 1 aliphatic rings. The smallest absolute Gasteiger partial charge is 0.230 e. The third-order valence-electron chi connectivity index (χ3n) is 2.73. The van der Waals surface area contributed by atoms with Crippen molar-refractivity contribution in [1.82, 2.24) is 10.5 Å². The van der Waals surface area contributed by atoms with Gasteiger partial charge in [-0.25, -0.2) is 0 Å². The van der Waals surface area contributed by atoms with Crippen molar-refractivity contribution >= 4 is 11.7 Å². The number of carbonyl (C=O) groups is 1. The van der Waals surface area contributed by atoms with Crippen LogP contribution in [0.4, 0.5) is 5.82 Å². The second kappa shape index (κ2) is 4.02. The molecule has 1 aromatic rings. The zero-order valence-corrected chi connectivity index (χ0v) is 8.91. The van der Waals surface area contributed by atoms with E-state index in [9.17, 15) is 4.79 Å². The van der Waals surface area contributed by atoms with E-state index in [1.807, 2.05) is 0 Å². The molecule has 5 nitrogen and oxygen atoms in total. The Bertz CT molecular complexity index is 361. The van der Waals surface area contributed by atoms with Crippen LogP contribution in [-0.4, -0.2) is 24.2 Å². The predicted octanol–water partition coefficient (Wildman–Crippen LogP) is 0.777. The van der Waals surface area contributed by atoms with Gasteiger partial charge in [0, 0.05) is 12.6 Å². The lowest BCUT2D eigenvalue weighted by atomic mass is 9.97. The minimum atomic E-state index is 0.0146. The van der Waals surface area contributed by atoms with Crippen molar-refractivity contribution in [2.75, 3.05) is 18.4 Å². The van der Waals surface area contributed by atoms with Gasteiger partial charge in [0.05, 0.1) is 5.92 Å². The highest BCUT2D eigenvalue weighted by Crippen LogP contribution is 2.18. The molecule has 82 valence electrons. The predicted molar refractivity (Wildman–Crippen MR) is 55.4 cm³/mol. The molecule has 2 N–H and O–H groups in total. The van der Waals surface area contributed by atoms with Crippen LogP contribution in [0.5, 0.6) is 0 Å². The fraction of sp³-hybridized carbons (Fsp3) is 0.600. The largest absolute Gasteiger partial charge is 0.360 e. The van der Waals surface area contributed by atoms with Gasteiger partial charge in [0.25, 0.3) is 0 Å². The molecule has 1 fully saturated rings. The van der Waals surface area contributed by atoms with Crippen LogP contribution in [-0.2, 0) is 4.79 Å². The van der Waals surface area contributed by atoms with Gasteiger partial charge in [0.15, 0.2) is 5.82 Å². The molecule has 1 amide bonds. The second-order valence-electron chi connectivity index (χ2n) is 4.05. The summed E-state index contributed by atoms with van der Waals surface area (Å²) >= 11 is 0. The van der Waals surface area contributed by atoms with E-state index in [1.165, 1.54) is 0 Å². The summed E-state index contributed by atoms with van der Waals surface area (Å²) in [7, 11) is 0. The second-order valence-corrected chi connectivity index (χ2v) is 4.05. The average molecular weight is 209 g/mol. The van der Waals surface area contributed by atoms with Gasteiger partial charge in [-0.15, -0.1) is 0 Å². The molecular weight excluding hydrogens is 194 g/mol. The van der Waals surface area contributed by atoms with Crippen LogP contribution in [0.2, 0.25) is 0 Å². The van der Waals surface area contributed by atoms with Gasteiger partial charge in [-0.2, -0.15) is 0 Å². The Labute approximate surface area is 88.2 Å². The Morgan fingerprint density at radius 2 is 2.47 bits per heavy atom. The van der Waals surface area contributed by atoms with Gasteiger partial charge in [-0.3, -0.25) is 4.79 Å². The van der Waals surface area contributed by atoms with Gasteiger partial charge in [-0.1, -0.05) is 12.1 Å². The molecule has 0 bridgehead atoms. The normalized spacial score (nSPS) is 25.5. The van der Waals surface area contributed by atoms with Crippen molar-refractivity contribution in [1.29, 1.82) is 0 Å². The number of nitrogens with one attached hydrogen (secondary N) is 2. The molecule has 0 radical (unpaired) electrons. The van der Waals surface area contributed by atoms with Gasteiger partial charge in [0.1, 0.15) is 5.76 Å². The number of anilines is 1. The number of nitrogens with zero attached hydrogens (tertiary/aromatic N) is 1. The first-order valence-electron chi connectivity index (χ1n) is 5.11. The molecule has 2 unspecified atom stereocenters. The average Bonchev–Trinajstić information content (AvgIpc) is 2.75. The van der Waals surface area contributed by atoms with E-state index in [0.29, 0.717) is 17.5 Å². The van der Waals surface area contributed by atoms with Crippen LogP contribution >= 0.6 is 0 Å². The minimum Gasteiger partial charge on any atom is -0.360 e. The quantitative estimate of drug-likeness (QED) is 0.755. The number of hydrogen-bond donors (Lipinski definition) is 2. The topological polar surface area (TPSA) is 67.2 Å². The van der Waals surface area contributed by atoms with Crippen LogP contribution < -0.4 is 10.6 Å². The zero-order chi connectivity index (χ0) is 10.8. The third kappa shape index (κ3) is 2.18. The first kappa shape index (κ1) is 10.2. The van der Waals surface area contributed by atoms with E-state index in [0.717, 1.165) is 13.1 Å². The highest BCUT2D eigenvalue weighted by Gasteiger charge is 2.29. The summed E-state index contributed by atoms with van der Waals surface area (Å²) < 4.78 is 4.87. The number of aryl methyl sites for hydroxylation is 1. The van der Waals surface area contributed by atoms with Crippen LogP contribution in [0.1, 0.15) is 12.7 Å². The molecule has 2 rings (SSSR count). The van der Waals surface area contributed by atoms with Crippen molar-refractivity contribution < 1.29 is 9.32 Å². The molecule has 2 heterocycles. The van der Waals surface area contributed by atoms with E-state index in [-0.39, 0.29) is 11.8 Å².